The Morgan fingerprint density at radius 3 is 2.21 bits per heavy atom. The van der Waals surface area contributed by atoms with Crippen LogP contribution in [0.1, 0.15) is 12.7 Å². The van der Waals surface area contributed by atoms with Gasteiger partial charge < -0.3 is 15.4 Å². The first kappa shape index (κ1) is 21.7. The first-order valence-corrected chi connectivity index (χ1v) is 9.76. The molecule has 1 heterocycles. The van der Waals surface area contributed by atoms with E-state index >= 15 is 0 Å². The Morgan fingerprint density at radius 2 is 1.64 bits per heavy atom. The molecule has 154 valence electrons. The Bertz CT molecular complexity index is 889. The summed E-state index contributed by atoms with van der Waals surface area (Å²) in [6.45, 7) is 4.66. The molecule has 0 aliphatic heterocycles. The zero-order valence-corrected chi connectivity index (χ0v) is 16.0. The van der Waals surface area contributed by atoms with Gasteiger partial charge >= 0.3 is 6.36 Å². The van der Waals surface area contributed by atoms with Gasteiger partial charge in [0.15, 0.2) is 0 Å². The zero-order valence-electron chi connectivity index (χ0n) is 15.2. The third-order valence-electron chi connectivity index (χ3n) is 3.29. The standard InChI is InChI=1S/C16H20F3N5O3S/c1-3-20-14-10-15(24-11(2)23-14)21-8-9-22-28(25,26)13-6-4-12(5-7-13)27-16(17,18)19/h4-7,10,22H,3,8-9H2,1-2H3,(H2,20,21,23,24). The lowest BCUT2D eigenvalue weighted by molar-refractivity contribution is -0.274. The summed E-state index contributed by atoms with van der Waals surface area (Å²) >= 11 is 0. The smallest absolute Gasteiger partial charge is 0.406 e. The zero-order chi connectivity index (χ0) is 20.8. The third kappa shape index (κ3) is 6.85. The number of hydrogen-bond donors (Lipinski definition) is 3. The van der Waals surface area contributed by atoms with E-state index < -0.39 is 22.1 Å². The molecule has 8 nitrogen and oxygen atoms in total. The number of halogens is 3. The lowest BCUT2D eigenvalue weighted by atomic mass is 10.3. The van der Waals surface area contributed by atoms with Crippen molar-refractivity contribution >= 4 is 21.7 Å². The highest BCUT2D eigenvalue weighted by atomic mass is 32.2. The van der Waals surface area contributed by atoms with Crippen molar-refractivity contribution in [2.24, 2.45) is 0 Å². The Kier molecular flexibility index (Phi) is 7.02. The van der Waals surface area contributed by atoms with Crippen molar-refractivity contribution in [2.75, 3.05) is 30.3 Å². The van der Waals surface area contributed by atoms with Gasteiger partial charge in [-0.05, 0) is 38.1 Å². The van der Waals surface area contributed by atoms with Crippen molar-refractivity contribution in [3.63, 3.8) is 0 Å². The highest BCUT2D eigenvalue weighted by Gasteiger charge is 2.31. The molecular formula is C16H20F3N5O3S. The Labute approximate surface area is 160 Å². The molecule has 0 aliphatic carbocycles. The molecule has 0 atom stereocenters. The second-order valence-corrected chi connectivity index (χ2v) is 7.33. The number of alkyl halides is 3. The lowest BCUT2D eigenvalue weighted by Crippen LogP contribution is -2.29. The van der Waals surface area contributed by atoms with Gasteiger partial charge in [0.1, 0.15) is 23.2 Å². The Morgan fingerprint density at radius 1 is 1.04 bits per heavy atom. The number of anilines is 2. The van der Waals surface area contributed by atoms with E-state index in [1.165, 1.54) is 0 Å². The number of nitrogens with one attached hydrogen (secondary N) is 3. The van der Waals surface area contributed by atoms with Gasteiger partial charge in [-0.2, -0.15) is 0 Å². The number of hydrogen-bond acceptors (Lipinski definition) is 7. The fourth-order valence-electron chi connectivity index (χ4n) is 2.21. The number of nitrogens with zero attached hydrogens (tertiary/aromatic N) is 2. The lowest BCUT2D eigenvalue weighted by Gasteiger charge is -2.11. The molecule has 1 aromatic carbocycles. The van der Waals surface area contributed by atoms with E-state index in [4.69, 9.17) is 0 Å². The predicted molar refractivity (Wildman–Crippen MR) is 97.7 cm³/mol. The van der Waals surface area contributed by atoms with Gasteiger partial charge in [0.05, 0.1) is 4.90 Å². The largest absolute Gasteiger partial charge is 0.573 e. The first-order chi connectivity index (χ1) is 13.1. The maximum atomic E-state index is 12.2. The summed E-state index contributed by atoms with van der Waals surface area (Å²) in [6.07, 6.45) is -4.84. The Balaban J connectivity index is 1.90. The maximum Gasteiger partial charge on any atom is 0.573 e. The maximum absolute atomic E-state index is 12.2. The summed E-state index contributed by atoms with van der Waals surface area (Å²) in [5.74, 6) is 1.25. The van der Waals surface area contributed by atoms with E-state index in [-0.39, 0.29) is 18.0 Å². The molecule has 3 N–H and O–H groups in total. The van der Waals surface area contributed by atoms with Gasteiger partial charge in [0, 0.05) is 25.7 Å². The van der Waals surface area contributed by atoms with E-state index in [9.17, 15) is 21.6 Å². The molecule has 28 heavy (non-hydrogen) atoms. The molecule has 0 spiro atoms. The minimum atomic E-state index is -4.84. The molecule has 1 aromatic heterocycles. The van der Waals surface area contributed by atoms with Gasteiger partial charge in [-0.1, -0.05) is 0 Å². The molecule has 0 radical (unpaired) electrons. The Hall–Kier alpha value is -2.60. The van der Waals surface area contributed by atoms with Crippen molar-refractivity contribution in [3.8, 4) is 5.75 Å². The first-order valence-electron chi connectivity index (χ1n) is 8.28. The van der Waals surface area contributed by atoms with E-state index in [0.717, 1.165) is 24.3 Å². The van der Waals surface area contributed by atoms with E-state index in [2.05, 4.69) is 30.1 Å². The van der Waals surface area contributed by atoms with Crippen molar-refractivity contribution in [1.82, 2.24) is 14.7 Å². The van der Waals surface area contributed by atoms with Gasteiger partial charge in [0.2, 0.25) is 10.0 Å². The fourth-order valence-corrected chi connectivity index (χ4v) is 3.24. The van der Waals surface area contributed by atoms with Crippen LogP contribution < -0.4 is 20.1 Å². The summed E-state index contributed by atoms with van der Waals surface area (Å²) in [5.41, 5.74) is 0. The summed E-state index contributed by atoms with van der Waals surface area (Å²) in [6, 6.07) is 5.64. The molecule has 2 rings (SSSR count). The molecule has 0 aliphatic rings. The molecule has 12 heteroatoms. The summed E-state index contributed by atoms with van der Waals surface area (Å²) < 4.78 is 66.9. The number of aryl methyl sites for hydroxylation is 1. The van der Waals surface area contributed by atoms with Crippen molar-refractivity contribution in [2.45, 2.75) is 25.1 Å². The topological polar surface area (TPSA) is 105 Å². The van der Waals surface area contributed by atoms with Crippen LogP contribution in [0, 0.1) is 6.92 Å². The van der Waals surface area contributed by atoms with Gasteiger partial charge in [-0.25, -0.2) is 23.1 Å². The number of rotatable bonds is 9. The molecule has 0 amide bonds. The minimum absolute atomic E-state index is 0.0444. The van der Waals surface area contributed by atoms with E-state index in [0.29, 0.717) is 24.0 Å². The SMILES string of the molecule is CCNc1cc(NCCNS(=O)(=O)c2ccc(OC(F)(F)F)cc2)nc(C)n1. The van der Waals surface area contributed by atoms with Crippen molar-refractivity contribution in [3.05, 3.63) is 36.2 Å². The van der Waals surface area contributed by atoms with Crippen LogP contribution in [-0.4, -0.2) is 44.4 Å². The minimum Gasteiger partial charge on any atom is -0.406 e. The van der Waals surface area contributed by atoms with Crippen LogP contribution in [0.5, 0.6) is 5.75 Å². The van der Waals surface area contributed by atoms with Crippen molar-refractivity contribution < 1.29 is 26.3 Å². The van der Waals surface area contributed by atoms with Gasteiger partial charge in [0.25, 0.3) is 0 Å². The average molecular weight is 419 g/mol. The number of sulfonamides is 1. The highest BCUT2D eigenvalue weighted by molar-refractivity contribution is 7.89. The quantitative estimate of drug-likeness (QED) is 0.537. The highest BCUT2D eigenvalue weighted by Crippen LogP contribution is 2.23. The second kappa shape index (κ2) is 9.06. The number of benzene rings is 1. The summed E-state index contributed by atoms with van der Waals surface area (Å²) in [4.78, 5) is 8.24. The van der Waals surface area contributed by atoms with Crippen LogP contribution >= 0.6 is 0 Å². The van der Waals surface area contributed by atoms with Crippen LogP contribution in [0.2, 0.25) is 0 Å². The van der Waals surface area contributed by atoms with Gasteiger partial charge in [-0.15, -0.1) is 13.2 Å². The summed E-state index contributed by atoms with van der Waals surface area (Å²) in [5, 5.41) is 6.04. The molecule has 0 bridgehead atoms. The average Bonchev–Trinajstić information content (AvgIpc) is 2.58. The predicted octanol–water partition coefficient (Wildman–Crippen LogP) is 2.51. The fraction of sp³-hybridized carbons (Fsp3) is 0.375. The second-order valence-electron chi connectivity index (χ2n) is 5.56. The third-order valence-corrected chi connectivity index (χ3v) is 4.76. The molecule has 0 saturated heterocycles. The molecule has 2 aromatic rings. The van der Waals surface area contributed by atoms with Crippen LogP contribution in [0.3, 0.4) is 0 Å². The molecule has 0 saturated carbocycles. The molecule has 0 unspecified atom stereocenters. The number of ether oxygens (including phenoxy) is 1. The van der Waals surface area contributed by atoms with Crippen LogP contribution in [0.15, 0.2) is 35.2 Å². The molecule has 0 fully saturated rings. The normalized spacial score (nSPS) is 11.9. The van der Waals surface area contributed by atoms with Gasteiger partial charge in [-0.3, -0.25) is 0 Å². The van der Waals surface area contributed by atoms with Crippen molar-refractivity contribution in [1.29, 1.82) is 0 Å². The van der Waals surface area contributed by atoms with Crippen LogP contribution in [-0.2, 0) is 10.0 Å². The monoisotopic (exact) mass is 419 g/mol. The van der Waals surface area contributed by atoms with Crippen LogP contribution in [0.25, 0.3) is 0 Å². The van der Waals surface area contributed by atoms with E-state index in [1.54, 1.807) is 13.0 Å². The summed E-state index contributed by atoms with van der Waals surface area (Å²) in [7, 11) is -3.87. The number of aromatic nitrogens is 2. The van der Waals surface area contributed by atoms with E-state index in [1.807, 2.05) is 6.92 Å². The molecular weight excluding hydrogens is 399 g/mol. The van der Waals surface area contributed by atoms with Crippen LogP contribution in [0.4, 0.5) is 24.8 Å².